The van der Waals surface area contributed by atoms with Gasteiger partial charge in [-0.25, -0.2) is 0 Å². The molecular formula is C11H12O2. The van der Waals surface area contributed by atoms with E-state index in [1.54, 1.807) is 12.1 Å². The molecule has 0 aliphatic heterocycles. The molecule has 68 valence electrons. The zero-order valence-electron chi connectivity index (χ0n) is 7.36. The van der Waals surface area contributed by atoms with E-state index in [2.05, 4.69) is 0 Å². The fraction of sp³-hybridized carbons (Fsp3) is 0.364. The van der Waals surface area contributed by atoms with Crippen molar-refractivity contribution in [2.24, 2.45) is 0 Å². The SMILES string of the molecule is O=C1CC[C@H](c2ccc(O)cc2)C1. The van der Waals surface area contributed by atoms with Crippen molar-refractivity contribution >= 4 is 5.78 Å². The van der Waals surface area contributed by atoms with Crippen LogP contribution < -0.4 is 0 Å². The van der Waals surface area contributed by atoms with Crippen LogP contribution in [0.15, 0.2) is 24.3 Å². The third-order valence-corrected chi connectivity index (χ3v) is 2.61. The van der Waals surface area contributed by atoms with Crippen LogP contribution in [-0.2, 0) is 4.79 Å². The van der Waals surface area contributed by atoms with Crippen LogP contribution in [0.1, 0.15) is 30.7 Å². The summed E-state index contributed by atoms with van der Waals surface area (Å²) in [6, 6.07) is 7.16. The molecule has 1 aromatic rings. The van der Waals surface area contributed by atoms with Gasteiger partial charge in [0, 0.05) is 12.8 Å². The van der Waals surface area contributed by atoms with Crippen LogP contribution in [0.4, 0.5) is 0 Å². The molecular weight excluding hydrogens is 164 g/mol. The van der Waals surface area contributed by atoms with Crippen LogP contribution in [0.5, 0.6) is 5.75 Å². The van der Waals surface area contributed by atoms with Crippen LogP contribution in [0.25, 0.3) is 0 Å². The zero-order chi connectivity index (χ0) is 9.26. The van der Waals surface area contributed by atoms with Crippen LogP contribution in [-0.4, -0.2) is 10.9 Å². The average molecular weight is 176 g/mol. The van der Waals surface area contributed by atoms with Crippen molar-refractivity contribution in [1.82, 2.24) is 0 Å². The van der Waals surface area contributed by atoms with Crippen LogP contribution in [0.2, 0.25) is 0 Å². The van der Waals surface area contributed by atoms with E-state index in [9.17, 15) is 4.79 Å². The van der Waals surface area contributed by atoms with Crippen molar-refractivity contribution in [1.29, 1.82) is 0 Å². The maximum Gasteiger partial charge on any atom is 0.133 e. The minimum atomic E-state index is 0.285. The third-order valence-electron chi connectivity index (χ3n) is 2.61. The molecule has 13 heavy (non-hydrogen) atoms. The lowest BCUT2D eigenvalue weighted by Crippen LogP contribution is -1.93. The fourth-order valence-corrected chi connectivity index (χ4v) is 1.85. The van der Waals surface area contributed by atoms with E-state index >= 15 is 0 Å². The lowest BCUT2D eigenvalue weighted by molar-refractivity contribution is -0.117. The van der Waals surface area contributed by atoms with Gasteiger partial charge in [-0.15, -0.1) is 0 Å². The van der Waals surface area contributed by atoms with Gasteiger partial charge in [-0.2, -0.15) is 0 Å². The van der Waals surface area contributed by atoms with Gasteiger partial charge in [-0.3, -0.25) is 4.79 Å². The number of benzene rings is 1. The van der Waals surface area contributed by atoms with Gasteiger partial charge in [0.1, 0.15) is 11.5 Å². The first-order chi connectivity index (χ1) is 6.25. The van der Waals surface area contributed by atoms with Crippen molar-refractivity contribution in [3.63, 3.8) is 0 Å². The molecule has 1 aromatic carbocycles. The largest absolute Gasteiger partial charge is 0.508 e. The molecule has 2 rings (SSSR count). The monoisotopic (exact) mass is 176 g/mol. The number of phenols is 1. The molecule has 2 heteroatoms. The van der Waals surface area contributed by atoms with Crippen LogP contribution in [0, 0.1) is 0 Å². The Balaban J connectivity index is 2.17. The number of carbonyl (C=O) groups excluding carboxylic acids is 1. The van der Waals surface area contributed by atoms with Gasteiger partial charge in [0.25, 0.3) is 0 Å². The fourth-order valence-electron chi connectivity index (χ4n) is 1.85. The standard InChI is InChI=1S/C11H12O2/c12-10-4-1-8(2-5-10)9-3-6-11(13)7-9/h1-2,4-5,9,12H,3,6-7H2/t9-/m0/s1. The highest BCUT2D eigenvalue weighted by atomic mass is 16.3. The number of aromatic hydroxyl groups is 1. The van der Waals surface area contributed by atoms with E-state index in [0.29, 0.717) is 24.5 Å². The first kappa shape index (κ1) is 8.30. The topological polar surface area (TPSA) is 37.3 Å². The quantitative estimate of drug-likeness (QED) is 0.712. The highest BCUT2D eigenvalue weighted by Gasteiger charge is 2.23. The van der Waals surface area contributed by atoms with Gasteiger partial charge in [0.2, 0.25) is 0 Å². The second kappa shape index (κ2) is 3.21. The summed E-state index contributed by atoms with van der Waals surface area (Å²) in [5.74, 6) is 1.03. The Kier molecular flexibility index (Phi) is 2.05. The molecule has 0 amide bonds. The molecule has 0 heterocycles. The zero-order valence-corrected chi connectivity index (χ0v) is 7.36. The smallest absolute Gasteiger partial charge is 0.133 e. The van der Waals surface area contributed by atoms with Crippen molar-refractivity contribution in [3.8, 4) is 5.75 Å². The van der Waals surface area contributed by atoms with E-state index < -0.39 is 0 Å². The molecule has 0 radical (unpaired) electrons. The van der Waals surface area contributed by atoms with Gasteiger partial charge in [-0.05, 0) is 30.0 Å². The van der Waals surface area contributed by atoms with Gasteiger partial charge in [0.15, 0.2) is 0 Å². The Morgan fingerprint density at radius 1 is 1.23 bits per heavy atom. The Labute approximate surface area is 77.2 Å². The molecule has 1 aliphatic carbocycles. The molecule has 1 saturated carbocycles. The molecule has 1 aliphatic rings. The van der Waals surface area contributed by atoms with Crippen molar-refractivity contribution < 1.29 is 9.90 Å². The number of ketones is 1. The van der Waals surface area contributed by atoms with Crippen molar-refractivity contribution in [2.75, 3.05) is 0 Å². The molecule has 0 spiro atoms. The summed E-state index contributed by atoms with van der Waals surface area (Å²) >= 11 is 0. The maximum atomic E-state index is 11.0. The lowest BCUT2D eigenvalue weighted by atomic mass is 9.98. The number of rotatable bonds is 1. The molecule has 2 nitrogen and oxygen atoms in total. The van der Waals surface area contributed by atoms with E-state index in [1.165, 1.54) is 5.56 Å². The molecule has 1 atom stereocenters. The lowest BCUT2D eigenvalue weighted by Gasteiger charge is -2.07. The minimum Gasteiger partial charge on any atom is -0.508 e. The summed E-state index contributed by atoms with van der Waals surface area (Å²) < 4.78 is 0. The first-order valence-electron chi connectivity index (χ1n) is 4.56. The maximum absolute atomic E-state index is 11.0. The van der Waals surface area contributed by atoms with Crippen molar-refractivity contribution in [3.05, 3.63) is 29.8 Å². The summed E-state index contributed by atoms with van der Waals surface area (Å²) in [7, 11) is 0. The van der Waals surface area contributed by atoms with E-state index in [0.717, 1.165) is 6.42 Å². The molecule has 0 aromatic heterocycles. The third kappa shape index (κ3) is 1.72. The number of Topliss-reactive ketones (excluding diaryl/α,β-unsaturated/α-hetero) is 1. The predicted octanol–water partition coefficient (Wildman–Crippen LogP) is 2.23. The normalized spacial score (nSPS) is 22.2. The van der Waals surface area contributed by atoms with E-state index in [1.807, 2.05) is 12.1 Å². The Morgan fingerprint density at radius 3 is 2.46 bits per heavy atom. The second-order valence-electron chi connectivity index (χ2n) is 3.57. The first-order valence-corrected chi connectivity index (χ1v) is 4.56. The number of hydrogen-bond donors (Lipinski definition) is 1. The number of carbonyl (C=O) groups is 1. The Hall–Kier alpha value is -1.31. The van der Waals surface area contributed by atoms with E-state index in [-0.39, 0.29) is 5.75 Å². The Bertz CT molecular complexity index is 313. The van der Waals surface area contributed by atoms with Gasteiger partial charge < -0.3 is 5.11 Å². The number of hydrogen-bond acceptors (Lipinski definition) is 2. The van der Waals surface area contributed by atoms with Gasteiger partial charge in [-0.1, -0.05) is 12.1 Å². The molecule has 1 N–H and O–H groups in total. The van der Waals surface area contributed by atoms with Gasteiger partial charge >= 0.3 is 0 Å². The molecule has 1 fully saturated rings. The highest BCUT2D eigenvalue weighted by molar-refractivity contribution is 5.81. The molecule has 0 unspecified atom stereocenters. The summed E-state index contributed by atoms with van der Waals surface area (Å²) in [5, 5.41) is 9.08. The Morgan fingerprint density at radius 2 is 1.92 bits per heavy atom. The van der Waals surface area contributed by atoms with Gasteiger partial charge in [0.05, 0.1) is 0 Å². The van der Waals surface area contributed by atoms with Crippen LogP contribution in [0.3, 0.4) is 0 Å². The number of phenolic OH excluding ortho intramolecular Hbond substituents is 1. The van der Waals surface area contributed by atoms with Crippen molar-refractivity contribution in [2.45, 2.75) is 25.2 Å². The van der Waals surface area contributed by atoms with E-state index in [4.69, 9.17) is 5.11 Å². The molecule has 0 saturated heterocycles. The summed E-state index contributed by atoms with van der Waals surface area (Å²) in [5.41, 5.74) is 1.17. The summed E-state index contributed by atoms with van der Waals surface area (Å²) in [6.07, 6.45) is 2.35. The highest BCUT2D eigenvalue weighted by Crippen LogP contribution is 2.32. The summed E-state index contributed by atoms with van der Waals surface area (Å²) in [6.45, 7) is 0. The predicted molar refractivity (Wildman–Crippen MR) is 49.7 cm³/mol. The second-order valence-corrected chi connectivity index (χ2v) is 3.57. The summed E-state index contributed by atoms with van der Waals surface area (Å²) in [4.78, 5) is 11.0. The molecule has 0 bridgehead atoms. The van der Waals surface area contributed by atoms with Crippen LogP contribution >= 0.6 is 0 Å². The minimum absolute atomic E-state index is 0.285. The average Bonchev–Trinajstić information content (AvgIpc) is 2.53.